The van der Waals surface area contributed by atoms with Crippen molar-refractivity contribution >= 4 is 28.0 Å². The van der Waals surface area contributed by atoms with E-state index >= 15 is 0 Å². The van der Waals surface area contributed by atoms with Gasteiger partial charge in [-0.15, -0.1) is 0 Å². The maximum absolute atomic E-state index is 5.96. The van der Waals surface area contributed by atoms with Crippen molar-refractivity contribution in [3.8, 4) is 0 Å². The Morgan fingerprint density at radius 3 is 2.50 bits per heavy atom. The van der Waals surface area contributed by atoms with Crippen LogP contribution in [0, 0.1) is 13.8 Å². The number of anilines is 3. The smallest absolute Gasteiger partial charge is 0.0939 e. The lowest BCUT2D eigenvalue weighted by atomic mass is 10.1. The number of aromatic nitrogens is 1. The number of rotatable bonds is 2. The van der Waals surface area contributed by atoms with Crippen molar-refractivity contribution in [3.05, 3.63) is 59.8 Å². The van der Waals surface area contributed by atoms with Gasteiger partial charge in [-0.2, -0.15) is 0 Å². The standard InChI is InChI=1S/C17H17N3/c1-11-9-10-13-5-3-8-16(17(13)19-11)20-15-7-4-6-14(18)12(15)2/h3-10,20H,18H2,1-2H3. The molecule has 0 bridgehead atoms. The fourth-order valence-electron chi connectivity index (χ4n) is 2.28. The summed E-state index contributed by atoms with van der Waals surface area (Å²) in [5.74, 6) is 0. The molecule has 3 heteroatoms. The van der Waals surface area contributed by atoms with Gasteiger partial charge in [0, 0.05) is 22.5 Å². The molecule has 0 spiro atoms. The molecule has 0 unspecified atom stereocenters. The maximum atomic E-state index is 5.96. The fourth-order valence-corrected chi connectivity index (χ4v) is 2.28. The number of hydrogen-bond donors (Lipinski definition) is 2. The minimum atomic E-state index is 0.791. The summed E-state index contributed by atoms with van der Waals surface area (Å²) in [4.78, 5) is 4.63. The number of nitrogens with zero attached hydrogens (tertiary/aromatic N) is 1. The van der Waals surface area contributed by atoms with Crippen molar-refractivity contribution in [2.24, 2.45) is 0 Å². The monoisotopic (exact) mass is 263 g/mol. The van der Waals surface area contributed by atoms with E-state index in [2.05, 4.69) is 22.4 Å². The van der Waals surface area contributed by atoms with E-state index in [-0.39, 0.29) is 0 Å². The first-order chi connectivity index (χ1) is 9.65. The van der Waals surface area contributed by atoms with Crippen molar-refractivity contribution in [3.63, 3.8) is 0 Å². The Morgan fingerprint density at radius 2 is 1.65 bits per heavy atom. The van der Waals surface area contributed by atoms with Crippen LogP contribution >= 0.6 is 0 Å². The maximum Gasteiger partial charge on any atom is 0.0939 e. The summed E-state index contributed by atoms with van der Waals surface area (Å²) < 4.78 is 0. The molecule has 3 rings (SSSR count). The molecule has 0 aliphatic rings. The third kappa shape index (κ3) is 2.18. The number of benzene rings is 2. The number of nitrogens with two attached hydrogens (primary N) is 1. The minimum absolute atomic E-state index is 0.791. The molecule has 0 amide bonds. The van der Waals surface area contributed by atoms with E-state index in [0.29, 0.717) is 0 Å². The zero-order chi connectivity index (χ0) is 14.1. The van der Waals surface area contributed by atoms with Crippen molar-refractivity contribution in [1.29, 1.82) is 0 Å². The van der Waals surface area contributed by atoms with Crippen molar-refractivity contribution < 1.29 is 0 Å². The normalized spacial score (nSPS) is 10.7. The molecule has 0 radical (unpaired) electrons. The zero-order valence-electron chi connectivity index (χ0n) is 11.6. The Labute approximate surface area is 118 Å². The Bertz CT molecular complexity index is 778. The molecule has 20 heavy (non-hydrogen) atoms. The van der Waals surface area contributed by atoms with Gasteiger partial charge in [-0.3, -0.25) is 4.98 Å². The van der Waals surface area contributed by atoms with Gasteiger partial charge in [0.05, 0.1) is 11.2 Å². The van der Waals surface area contributed by atoms with E-state index in [1.165, 1.54) is 0 Å². The number of para-hydroxylation sites is 1. The molecule has 3 nitrogen and oxygen atoms in total. The Balaban J connectivity index is 2.11. The Morgan fingerprint density at radius 1 is 0.900 bits per heavy atom. The van der Waals surface area contributed by atoms with Gasteiger partial charge in [-0.25, -0.2) is 0 Å². The van der Waals surface area contributed by atoms with Gasteiger partial charge in [0.1, 0.15) is 0 Å². The van der Waals surface area contributed by atoms with Gasteiger partial charge in [0.2, 0.25) is 0 Å². The number of nitrogens with one attached hydrogen (secondary N) is 1. The third-order valence-corrected chi connectivity index (χ3v) is 3.50. The lowest BCUT2D eigenvalue weighted by Crippen LogP contribution is -1.98. The quantitative estimate of drug-likeness (QED) is 0.682. The molecule has 0 atom stereocenters. The second-order valence-electron chi connectivity index (χ2n) is 4.97. The number of fused-ring (bicyclic) bond motifs is 1. The topological polar surface area (TPSA) is 50.9 Å². The summed E-state index contributed by atoms with van der Waals surface area (Å²) in [5.41, 5.74) is 11.8. The molecule has 100 valence electrons. The molecule has 0 fully saturated rings. The summed E-state index contributed by atoms with van der Waals surface area (Å²) in [7, 11) is 0. The van der Waals surface area contributed by atoms with Crippen LogP contribution < -0.4 is 11.1 Å². The molecule has 1 heterocycles. The van der Waals surface area contributed by atoms with Gasteiger partial charge < -0.3 is 11.1 Å². The second kappa shape index (κ2) is 4.85. The summed E-state index contributed by atoms with van der Waals surface area (Å²) in [5, 5.41) is 4.57. The molecular formula is C17H17N3. The predicted molar refractivity (Wildman–Crippen MR) is 85.4 cm³/mol. The zero-order valence-corrected chi connectivity index (χ0v) is 11.6. The third-order valence-electron chi connectivity index (χ3n) is 3.50. The summed E-state index contributed by atoms with van der Waals surface area (Å²) in [6, 6.07) is 16.1. The van der Waals surface area contributed by atoms with E-state index in [1.54, 1.807) is 0 Å². The SMILES string of the molecule is Cc1ccc2cccc(Nc3cccc(N)c3C)c2n1. The lowest BCUT2D eigenvalue weighted by molar-refractivity contribution is 1.25. The van der Waals surface area contributed by atoms with Crippen LogP contribution in [-0.4, -0.2) is 4.98 Å². The number of aryl methyl sites for hydroxylation is 1. The van der Waals surface area contributed by atoms with Crippen LogP contribution in [-0.2, 0) is 0 Å². The van der Waals surface area contributed by atoms with Crippen LogP contribution in [0.2, 0.25) is 0 Å². The lowest BCUT2D eigenvalue weighted by Gasteiger charge is -2.13. The summed E-state index contributed by atoms with van der Waals surface area (Å²) >= 11 is 0. The molecule has 0 aliphatic carbocycles. The van der Waals surface area contributed by atoms with Gasteiger partial charge in [-0.05, 0) is 43.7 Å². The Kier molecular flexibility index (Phi) is 3.03. The summed E-state index contributed by atoms with van der Waals surface area (Å²) in [6.45, 7) is 4.02. The predicted octanol–water partition coefficient (Wildman–Crippen LogP) is 4.18. The molecule has 0 saturated carbocycles. The van der Waals surface area contributed by atoms with Gasteiger partial charge in [-0.1, -0.05) is 24.3 Å². The number of pyridine rings is 1. The highest BCUT2D eigenvalue weighted by molar-refractivity contribution is 5.92. The van der Waals surface area contributed by atoms with E-state index in [4.69, 9.17) is 5.73 Å². The van der Waals surface area contributed by atoms with E-state index in [0.717, 1.165) is 39.2 Å². The fraction of sp³-hybridized carbons (Fsp3) is 0.118. The van der Waals surface area contributed by atoms with E-state index in [9.17, 15) is 0 Å². The number of hydrogen-bond acceptors (Lipinski definition) is 3. The second-order valence-corrected chi connectivity index (χ2v) is 4.97. The highest BCUT2D eigenvalue weighted by atomic mass is 14.9. The average molecular weight is 263 g/mol. The molecule has 3 aromatic rings. The highest BCUT2D eigenvalue weighted by Crippen LogP contribution is 2.28. The van der Waals surface area contributed by atoms with Crippen molar-refractivity contribution in [1.82, 2.24) is 4.98 Å². The molecule has 3 N–H and O–H groups in total. The van der Waals surface area contributed by atoms with Crippen LogP contribution in [0.4, 0.5) is 17.1 Å². The van der Waals surface area contributed by atoms with Crippen LogP contribution in [0.15, 0.2) is 48.5 Å². The summed E-state index contributed by atoms with van der Waals surface area (Å²) in [6.07, 6.45) is 0. The van der Waals surface area contributed by atoms with Crippen LogP contribution in [0.3, 0.4) is 0 Å². The number of nitrogen functional groups attached to an aromatic ring is 1. The molecule has 1 aromatic heterocycles. The first-order valence-corrected chi connectivity index (χ1v) is 6.63. The first-order valence-electron chi connectivity index (χ1n) is 6.63. The molecular weight excluding hydrogens is 246 g/mol. The van der Waals surface area contributed by atoms with Crippen molar-refractivity contribution in [2.75, 3.05) is 11.1 Å². The average Bonchev–Trinajstić information content (AvgIpc) is 2.44. The van der Waals surface area contributed by atoms with Crippen LogP contribution in [0.1, 0.15) is 11.3 Å². The highest BCUT2D eigenvalue weighted by Gasteiger charge is 2.06. The van der Waals surface area contributed by atoms with E-state index < -0.39 is 0 Å². The van der Waals surface area contributed by atoms with Gasteiger partial charge in [0.25, 0.3) is 0 Å². The first kappa shape index (κ1) is 12.5. The molecule has 0 aliphatic heterocycles. The van der Waals surface area contributed by atoms with Crippen molar-refractivity contribution in [2.45, 2.75) is 13.8 Å². The van der Waals surface area contributed by atoms with Crippen LogP contribution in [0.25, 0.3) is 10.9 Å². The van der Waals surface area contributed by atoms with Crippen LogP contribution in [0.5, 0.6) is 0 Å². The van der Waals surface area contributed by atoms with Gasteiger partial charge >= 0.3 is 0 Å². The van der Waals surface area contributed by atoms with E-state index in [1.807, 2.05) is 50.2 Å². The van der Waals surface area contributed by atoms with Gasteiger partial charge in [0.15, 0.2) is 0 Å². The minimum Gasteiger partial charge on any atom is -0.398 e. The Hall–Kier alpha value is -2.55. The molecule has 0 saturated heterocycles. The largest absolute Gasteiger partial charge is 0.398 e. The molecule has 2 aromatic carbocycles.